The first-order valence-corrected chi connectivity index (χ1v) is 11.1. The highest BCUT2D eigenvalue weighted by Crippen LogP contribution is 2.39. The molecule has 0 atom stereocenters. The lowest BCUT2D eigenvalue weighted by Gasteiger charge is -2.32. The number of hydrogen-bond donors (Lipinski definition) is 2. The summed E-state index contributed by atoms with van der Waals surface area (Å²) in [6, 6.07) is 5.43. The number of carbonyl (C=O) groups is 2. The molecule has 1 fully saturated rings. The third kappa shape index (κ3) is 6.11. The number of rotatable bonds is 9. The van der Waals surface area contributed by atoms with Crippen LogP contribution in [0.15, 0.2) is 29.0 Å². The second-order valence-corrected chi connectivity index (χ2v) is 8.09. The van der Waals surface area contributed by atoms with E-state index in [0.29, 0.717) is 35.9 Å². The monoisotopic (exact) mass is 447 g/mol. The number of anilines is 1. The van der Waals surface area contributed by atoms with E-state index in [2.05, 4.69) is 15.5 Å². The number of ether oxygens (including phenoxy) is 3. The maximum atomic E-state index is 12.4. The minimum absolute atomic E-state index is 0.00979. The average Bonchev–Trinajstić information content (AvgIpc) is 3.33. The predicted octanol–water partition coefficient (Wildman–Crippen LogP) is 3.00. The summed E-state index contributed by atoms with van der Waals surface area (Å²) in [7, 11) is 4.61. The van der Waals surface area contributed by atoms with Crippen molar-refractivity contribution in [3.05, 3.63) is 34.5 Å². The SMILES string of the molecule is COc1cc(NC(=O)CCN2CCC(NC(=O)c3ccsc3)CC2)cc(OC)c1OC. The van der Waals surface area contributed by atoms with Crippen LogP contribution >= 0.6 is 11.3 Å². The summed E-state index contributed by atoms with van der Waals surface area (Å²) in [4.78, 5) is 26.9. The largest absolute Gasteiger partial charge is 0.493 e. The number of nitrogens with one attached hydrogen (secondary N) is 2. The zero-order valence-corrected chi connectivity index (χ0v) is 18.9. The lowest BCUT2D eigenvalue weighted by molar-refractivity contribution is -0.116. The Morgan fingerprint density at radius 3 is 2.32 bits per heavy atom. The number of carbonyl (C=O) groups excluding carboxylic acids is 2. The first-order chi connectivity index (χ1) is 15.0. The van der Waals surface area contributed by atoms with E-state index in [4.69, 9.17) is 14.2 Å². The molecule has 2 amide bonds. The van der Waals surface area contributed by atoms with Gasteiger partial charge < -0.3 is 29.7 Å². The minimum atomic E-state index is -0.0813. The van der Waals surface area contributed by atoms with E-state index in [-0.39, 0.29) is 17.9 Å². The fourth-order valence-electron chi connectivity index (χ4n) is 3.60. The summed E-state index contributed by atoms with van der Waals surface area (Å²) in [6.45, 7) is 2.37. The van der Waals surface area contributed by atoms with Crippen LogP contribution in [0.2, 0.25) is 0 Å². The molecule has 0 bridgehead atoms. The van der Waals surface area contributed by atoms with Crippen LogP contribution in [0.4, 0.5) is 5.69 Å². The fraction of sp³-hybridized carbons (Fsp3) is 0.455. The third-order valence-corrected chi connectivity index (χ3v) is 5.99. The van der Waals surface area contributed by atoms with Gasteiger partial charge in [-0.2, -0.15) is 11.3 Å². The lowest BCUT2D eigenvalue weighted by atomic mass is 10.0. The normalized spacial score (nSPS) is 14.7. The fourth-order valence-corrected chi connectivity index (χ4v) is 4.24. The Labute approximate surface area is 186 Å². The zero-order valence-electron chi connectivity index (χ0n) is 18.1. The van der Waals surface area contributed by atoms with Crippen LogP contribution in [-0.2, 0) is 4.79 Å². The van der Waals surface area contributed by atoms with Gasteiger partial charge in [0.15, 0.2) is 11.5 Å². The number of methoxy groups -OCH3 is 3. The molecule has 1 saturated heterocycles. The third-order valence-electron chi connectivity index (χ3n) is 5.31. The molecule has 8 nitrogen and oxygen atoms in total. The molecule has 0 spiro atoms. The molecular formula is C22H29N3O5S. The van der Waals surface area contributed by atoms with Gasteiger partial charge in [-0.3, -0.25) is 9.59 Å². The second kappa shape index (κ2) is 11.0. The summed E-state index contributed by atoms with van der Waals surface area (Å²) in [5, 5.41) is 9.76. The van der Waals surface area contributed by atoms with Gasteiger partial charge in [0.2, 0.25) is 11.7 Å². The number of nitrogens with zero attached hydrogens (tertiary/aromatic N) is 1. The molecule has 2 N–H and O–H groups in total. The average molecular weight is 448 g/mol. The first-order valence-electron chi connectivity index (χ1n) is 10.2. The number of thiophene rings is 1. The van der Waals surface area contributed by atoms with Crippen molar-refractivity contribution in [3.8, 4) is 17.2 Å². The minimum Gasteiger partial charge on any atom is -0.493 e. The van der Waals surface area contributed by atoms with E-state index in [0.717, 1.165) is 31.5 Å². The van der Waals surface area contributed by atoms with Crippen molar-refractivity contribution in [2.45, 2.75) is 25.3 Å². The number of benzene rings is 1. The smallest absolute Gasteiger partial charge is 0.252 e. The van der Waals surface area contributed by atoms with Crippen molar-refractivity contribution < 1.29 is 23.8 Å². The van der Waals surface area contributed by atoms with Crippen molar-refractivity contribution in [1.82, 2.24) is 10.2 Å². The molecule has 1 aromatic carbocycles. The number of piperidine rings is 1. The van der Waals surface area contributed by atoms with Gasteiger partial charge in [0.1, 0.15) is 0 Å². The number of likely N-dealkylation sites (tertiary alicyclic amines) is 1. The standard InChI is InChI=1S/C22H29N3O5S/c1-28-18-12-17(13-19(29-2)21(18)30-3)23-20(26)6-10-25-8-4-16(5-9-25)24-22(27)15-7-11-31-14-15/h7,11-14,16H,4-6,8-10H2,1-3H3,(H,23,26)(H,24,27). The van der Waals surface area contributed by atoms with Crippen molar-refractivity contribution in [2.75, 3.05) is 46.3 Å². The quantitative estimate of drug-likeness (QED) is 0.614. The van der Waals surface area contributed by atoms with Crippen LogP contribution in [0.3, 0.4) is 0 Å². The number of hydrogen-bond acceptors (Lipinski definition) is 7. The van der Waals surface area contributed by atoms with Gasteiger partial charge in [-0.05, 0) is 24.3 Å². The molecule has 2 heterocycles. The van der Waals surface area contributed by atoms with Crippen molar-refractivity contribution in [1.29, 1.82) is 0 Å². The molecule has 1 aliphatic heterocycles. The molecule has 0 unspecified atom stereocenters. The lowest BCUT2D eigenvalue weighted by Crippen LogP contribution is -2.45. The number of amides is 2. The molecule has 31 heavy (non-hydrogen) atoms. The van der Waals surface area contributed by atoms with Gasteiger partial charge in [0.25, 0.3) is 5.91 Å². The van der Waals surface area contributed by atoms with Crippen molar-refractivity contribution in [3.63, 3.8) is 0 Å². The summed E-state index contributed by atoms with van der Waals surface area (Å²) in [5.74, 6) is 1.37. The molecule has 3 rings (SSSR count). The second-order valence-electron chi connectivity index (χ2n) is 7.31. The molecule has 168 valence electrons. The highest BCUT2D eigenvalue weighted by atomic mass is 32.1. The Balaban J connectivity index is 1.44. The molecule has 0 radical (unpaired) electrons. The molecular weight excluding hydrogens is 418 g/mol. The zero-order chi connectivity index (χ0) is 22.2. The predicted molar refractivity (Wildman–Crippen MR) is 121 cm³/mol. The van der Waals surface area contributed by atoms with Crippen molar-refractivity contribution >= 4 is 28.8 Å². The summed E-state index contributed by atoms with van der Waals surface area (Å²) in [6.07, 6.45) is 2.14. The van der Waals surface area contributed by atoms with Gasteiger partial charge in [-0.1, -0.05) is 0 Å². The van der Waals surface area contributed by atoms with E-state index in [1.165, 1.54) is 32.7 Å². The van der Waals surface area contributed by atoms with Crippen LogP contribution in [0, 0.1) is 0 Å². The van der Waals surface area contributed by atoms with Crippen LogP contribution in [0.25, 0.3) is 0 Å². The van der Waals surface area contributed by atoms with Gasteiger partial charge in [-0.25, -0.2) is 0 Å². The Kier molecular flexibility index (Phi) is 8.13. The topological polar surface area (TPSA) is 89.1 Å². The summed E-state index contributed by atoms with van der Waals surface area (Å²) < 4.78 is 16.0. The Morgan fingerprint density at radius 1 is 1.10 bits per heavy atom. The molecule has 9 heteroatoms. The van der Waals surface area contributed by atoms with Gasteiger partial charge in [0, 0.05) is 60.9 Å². The summed E-state index contributed by atoms with van der Waals surface area (Å²) in [5.41, 5.74) is 1.31. The maximum Gasteiger partial charge on any atom is 0.252 e. The van der Waals surface area contributed by atoms with Crippen LogP contribution in [-0.4, -0.2) is 63.7 Å². The van der Waals surface area contributed by atoms with Gasteiger partial charge >= 0.3 is 0 Å². The highest BCUT2D eigenvalue weighted by Gasteiger charge is 2.22. The highest BCUT2D eigenvalue weighted by molar-refractivity contribution is 7.08. The van der Waals surface area contributed by atoms with E-state index >= 15 is 0 Å². The van der Waals surface area contributed by atoms with Gasteiger partial charge in [0.05, 0.1) is 21.3 Å². The summed E-state index contributed by atoms with van der Waals surface area (Å²) >= 11 is 1.52. The van der Waals surface area contributed by atoms with Gasteiger partial charge in [-0.15, -0.1) is 0 Å². The maximum absolute atomic E-state index is 12.4. The first kappa shape index (κ1) is 22.9. The van der Waals surface area contributed by atoms with Crippen molar-refractivity contribution in [2.24, 2.45) is 0 Å². The molecule has 1 aromatic heterocycles. The Hall–Kier alpha value is -2.78. The van der Waals surface area contributed by atoms with E-state index in [9.17, 15) is 9.59 Å². The van der Waals surface area contributed by atoms with Crippen LogP contribution in [0.1, 0.15) is 29.6 Å². The van der Waals surface area contributed by atoms with Crippen LogP contribution < -0.4 is 24.8 Å². The molecule has 2 aromatic rings. The van der Waals surface area contributed by atoms with E-state index < -0.39 is 0 Å². The Morgan fingerprint density at radius 2 is 1.77 bits per heavy atom. The van der Waals surface area contributed by atoms with E-state index in [1.54, 1.807) is 12.1 Å². The Bertz CT molecular complexity index is 854. The van der Waals surface area contributed by atoms with E-state index in [1.807, 2.05) is 16.8 Å². The molecule has 0 saturated carbocycles. The molecule has 0 aliphatic carbocycles. The van der Waals surface area contributed by atoms with Crippen LogP contribution in [0.5, 0.6) is 17.2 Å². The molecule has 1 aliphatic rings.